The number of anilines is 1. The fourth-order valence-corrected chi connectivity index (χ4v) is 4.79. The van der Waals surface area contributed by atoms with E-state index in [1.807, 2.05) is 66.5 Å². The van der Waals surface area contributed by atoms with E-state index in [0.29, 0.717) is 44.2 Å². The summed E-state index contributed by atoms with van der Waals surface area (Å²) in [6, 6.07) is 17.5. The first-order valence-electron chi connectivity index (χ1n) is 12.7. The van der Waals surface area contributed by atoms with Crippen LogP contribution in [0.25, 0.3) is 0 Å². The molecule has 3 aliphatic heterocycles. The van der Waals surface area contributed by atoms with E-state index in [4.69, 9.17) is 14.5 Å². The topological polar surface area (TPSA) is 66.4 Å². The van der Waals surface area contributed by atoms with Gasteiger partial charge < -0.3 is 19.7 Å². The van der Waals surface area contributed by atoms with E-state index in [0.717, 1.165) is 22.5 Å². The number of hydrogen-bond acceptors (Lipinski definition) is 6. The van der Waals surface area contributed by atoms with E-state index in [2.05, 4.69) is 16.8 Å². The van der Waals surface area contributed by atoms with Crippen LogP contribution in [0.5, 0.6) is 0 Å². The van der Waals surface area contributed by atoms with E-state index in [-0.39, 0.29) is 18.2 Å². The van der Waals surface area contributed by atoms with E-state index >= 15 is 0 Å². The van der Waals surface area contributed by atoms with Crippen LogP contribution in [0.2, 0.25) is 0 Å². The van der Waals surface area contributed by atoms with Crippen LogP contribution in [0.3, 0.4) is 0 Å². The summed E-state index contributed by atoms with van der Waals surface area (Å²) in [7, 11) is 1.83. The Morgan fingerprint density at radius 1 is 1.13 bits per heavy atom. The lowest BCUT2D eigenvalue weighted by atomic mass is 10.0. The number of rotatable bonds is 5. The van der Waals surface area contributed by atoms with Crippen molar-refractivity contribution in [2.24, 2.45) is 4.99 Å². The lowest BCUT2D eigenvalue weighted by Crippen LogP contribution is -2.42. The normalized spacial score (nSPS) is 24.5. The van der Waals surface area contributed by atoms with Gasteiger partial charge in [-0.25, -0.2) is 4.39 Å². The number of aliphatic imine (C=N–C) groups is 1. The Balaban J connectivity index is 1.52. The zero-order chi connectivity index (χ0) is 26.5. The number of allylic oxidation sites excluding steroid dienone is 4. The number of benzodiazepines with no additional fused rings is 1. The van der Waals surface area contributed by atoms with Crippen molar-refractivity contribution in [1.82, 2.24) is 9.80 Å². The molecule has 1 N–H and O–H groups in total. The third kappa shape index (κ3) is 5.77. The van der Waals surface area contributed by atoms with Crippen molar-refractivity contribution in [2.75, 3.05) is 45.2 Å². The summed E-state index contributed by atoms with van der Waals surface area (Å²) >= 11 is 0. The Hall–Kier alpha value is -4.01. The van der Waals surface area contributed by atoms with Gasteiger partial charge in [-0.3, -0.25) is 14.7 Å². The van der Waals surface area contributed by atoms with Gasteiger partial charge in [0.1, 0.15) is 17.3 Å². The second-order valence-corrected chi connectivity index (χ2v) is 9.34. The molecule has 8 heteroatoms. The largest absolute Gasteiger partial charge is 0.459 e. The van der Waals surface area contributed by atoms with Crippen molar-refractivity contribution in [3.63, 3.8) is 0 Å². The molecule has 196 valence electrons. The predicted octanol–water partition coefficient (Wildman–Crippen LogP) is 4.62. The van der Waals surface area contributed by atoms with Crippen LogP contribution in [-0.2, 0) is 14.3 Å². The molecule has 3 heterocycles. The van der Waals surface area contributed by atoms with Crippen molar-refractivity contribution in [3.05, 3.63) is 114 Å². The van der Waals surface area contributed by atoms with Gasteiger partial charge in [0.05, 0.1) is 36.9 Å². The maximum atomic E-state index is 14.2. The average Bonchev–Trinajstić information content (AvgIpc) is 3.03. The van der Waals surface area contributed by atoms with Crippen molar-refractivity contribution < 1.29 is 18.7 Å². The molecule has 3 aliphatic rings. The number of nitrogens with one attached hydrogen (secondary N) is 1. The van der Waals surface area contributed by atoms with Crippen LogP contribution in [0.1, 0.15) is 17.5 Å². The van der Waals surface area contributed by atoms with Crippen LogP contribution in [0, 0.1) is 0 Å². The first-order chi connectivity index (χ1) is 18.5. The van der Waals surface area contributed by atoms with Gasteiger partial charge in [0.2, 0.25) is 0 Å². The first kappa shape index (κ1) is 25.6. The van der Waals surface area contributed by atoms with E-state index < -0.39 is 12.0 Å². The molecule has 1 amide bonds. The highest BCUT2D eigenvalue weighted by Crippen LogP contribution is 2.27. The van der Waals surface area contributed by atoms with Crippen LogP contribution in [-0.4, -0.2) is 67.5 Å². The number of fused-ring (bicyclic) bond motifs is 1. The average molecular weight is 515 g/mol. The van der Waals surface area contributed by atoms with Gasteiger partial charge in [-0.1, -0.05) is 61.2 Å². The zero-order valence-electron chi connectivity index (χ0n) is 21.4. The number of carbonyl (C=O) groups excluding carboxylic acids is 1. The SMILES string of the molecule is C=C1/C=C(F)\C=C/C/C(N2CCOCC2)=C(/CN(C)C2N=C(c3ccccc3)c3ccccc3NC2=O)O1. The molecule has 1 fully saturated rings. The molecular weight excluding hydrogens is 483 g/mol. The highest BCUT2D eigenvalue weighted by atomic mass is 19.1. The van der Waals surface area contributed by atoms with Gasteiger partial charge in [-0.2, -0.15) is 0 Å². The van der Waals surface area contributed by atoms with Gasteiger partial charge in [-0.15, -0.1) is 0 Å². The van der Waals surface area contributed by atoms with Crippen LogP contribution in [0.4, 0.5) is 10.1 Å². The summed E-state index contributed by atoms with van der Waals surface area (Å²) in [5, 5.41) is 3.05. The number of ether oxygens (including phenoxy) is 2. The summed E-state index contributed by atoms with van der Waals surface area (Å²) in [5.74, 6) is 0.117. The standard InChI is InChI=1S/C30H31FN4O3/c1-21-19-23(31)11-8-14-26(35-15-17-37-18-16-35)27(38-21)20-34(2)29-30(36)32-25-13-7-6-12-24(25)28(33-29)22-9-4-3-5-10-22/h3-13,19,29H,1,14-18,20H2,2H3,(H,32,36)/b11-8-,23-19+,27-26+. The van der Waals surface area contributed by atoms with Gasteiger partial charge in [0.15, 0.2) is 6.17 Å². The number of nitrogens with zero attached hydrogens (tertiary/aromatic N) is 3. The second kappa shape index (κ2) is 11.6. The van der Waals surface area contributed by atoms with Crippen molar-refractivity contribution in [1.29, 1.82) is 0 Å². The van der Waals surface area contributed by atoms with Gasteiger partial charge in [0, 0.05) is 36.7 Å². The molecule has 2 aromatic rings. The highest BCUT2D eigenvalue weighted by molar-refractivity contribution is 6.19. The minimum absolute atomic E-state index is 0.189. The molecule has 0 radical (unpaired) electrons. The number of carbonyl (C=O) groups is 1. The fraction of sp³-hybridized carbons (Fsp3) is 0.267. The number of hydrogen-bond donors (Lipinski definition) is 1. The number of morpholine rings is 1. The lowest BCUT2D eigenvalue weighted by Gasteiger charge is -2.33. The Kier molecular flexibility index (Phi) is 7.81. The monoisotopic (exact) mass is 514 g/mol. The lowest BCUT2D eigenvalue weighted by molar-refractivity contribution is -0.120. The third-order valence-corrected chi connectivity index (χ3v) is 6.64. The van der Waals surface area contributed by atoms with Crippen LogP contribution >= 0.6 is 0 Å². The van der Waals surface area contributed by atoms with E-state index in [1.54, 1.807) is 6.08 Å². The Morgan fingerprint density at radius 3 is 2.66 bits per heavy atom. The van der Waals surface area contributed by atoms with Crippen LogP contribution in [0.15, 0.2) is 107 Å². The molecule has 1 atom stereocenters. The molecule has 0 bridgehead atoms. The van der Waals surface area contributed by atoms with Gasteiger partial charge in [-0.05, 0) is 19.2 Å². The maximum Gasteiger partial charge on any atom is 0.264 e. The second-order valence-electron chi connectivity index (χ2n) is 9.34. The third-order valence-electron chi connectivity index (χ3n) is 6.64. The summed E-state index contributed by atoms with van der Waals surface area (Å²) in [6.45, 7) is 6.72. The zero-order valence-corrected chi connectivity index (χ0v) is 21.4. The van der Waals surface area contributed by atoms with E-state index in [1.165, 1.54) is 12.2 Å². The molecule has 38 heavy (non-hydrogen) atoms. The summed E-state index contributed by atoms with van der Waals surface area (Å²) in [6.07, 6.45) is 4.11. The Labute approximate surface area is 222 Å². The molecular formula is C30H31FN4O3. The fourth-order valence-electron chi connectivity index (χ4n) is 4.79. The number of amides is 1. The molecule has 0 aliphatic carbocycles. The Morgan fingerprint density at radius 2 is 1.87 bits per heavy atom. The molecule has 0 aromatic heterocycles. The number of likely N-dealkylation sites (N-methyl/N-ethyl adjacent to an activating group) is 1. The molecule has 7 nitrogen and oxygen atoms in total. The van der Waals surface area contributed by atoms with Gasteiger partial charge in [0.25, 0.3) is 5.91 Å². The molecule has 1 saturated heterocycles. The summed E-state index contributed by atoms with van der Waals surface area (Å²) < 4.78 is 25.9. The van der Waals surface area contributed by atoms with Crippen molar-refractivity contribution in [3.8, 4) is 0 Å². The molecule has 0 saturated carbocycles. The van der Waals surface area contributed by atoms with Crippen LogP contribution < -0.4 is 5.32 Å². The highest BCUT2D eigenvalue weighted by Gasteiger charge is 2.31. The summed E-state index contributed by atoms with van der Waals surface area (Å²) in [4.78, 5) is 22.5. The molecule has 1 unspecified atom stereocenters. The quantitative estimate of drug-likeness (QED) is 0.631. The minimum atomic E-state index is -0.830. The van der Waals surface area contributed by atoms with E-state index in [9.17, 15) is 9.18 Å². The number of para-hydroxylation sites is 1. The number of benzene rings is 2. The molecule has 2 aromatic carbocycles. The number of halogens is 1. The maximum absolute atomic E-state index is 14.2. The summed E-state index contributed by atoms with van der Waals surface area (Å²) in [5.41, 5.74) is 4.12. The van der Waals surface area contributed by atoms with Crippen molar-refractivity contribution >= 4 is 17.3 Å². The first-order valence-corrected chi connectivity index (χ1v) is 12.7. The van der Waals surface area contributed by atoms with Crippen molar-refractivity contribution in [2.45, 2.75) is 12.6 Å². The van der Waals surface area contributed by atoms with Gasteiger partial charge >= 0.3 is 0 Å². The molecule has 0 spiro atoms. The smallest absolute Gasteiger partial charge is 0.264 e. The Bertz CT molecular complexity index is 1330. The molecule has 5 rings (SSSR count). The predicted molar refractivity (Wildman–Crippen MR) is 146 cm³/mol. The minimum Gasteiger partial charge on any atom is -0.459 e.